The molecule has 0 spiro atoms. The first-order valence-electron chi connectivity index (χ1n) is 8.07. The van der Waals surface area contributed by atoms with Crippen LogP contribution in [-0.2, 0) is 16.8 Å². The smallest absolute Gasteiger partial charge is 0.282 e. The van der Waals surface area contributed by atoms with E-state index >= 15 is 0 Å². The van der Waals surface area contributed by atoms with E-state index in [0.717, 1.165) is 18.4 Å². The van der Waals surface area contributed by atoms with Crippen LogP contribution in [-0.4, -0.2) is 42.7 Å². The van der Waals surface area contributed by atoms with Crippen LogP contribution in [0.5, 0.6) is 0 Å². The zero-order valence-corrected chi connectivity index (χ0v) is 13.9. The van der Waals surface area contributed by atoms with Gasteiger partial charge in [0.15, 0.2) is 0 Å². The second kappa shape index (κ2) is 6.28. The van der Waals surface area contributed by atoms with Crippen molar-refractivity contribution in [2.75, 3.05) is 19.6 Å². The van der Waals surface area contributed by atoms with Gasteiger partial charge in [0.2, 0.25) is 0 Å². The van der Waals surface area contributed by atoms with Gasteiger partial charge in [0.25, 0.3) is 10.2 Å². The highest BCUT2D eigenvalue weighted by Gasteiger charge is 2.45. The SMILES string of the molecule is CCN(Cc1ccccc1)S(=O)(=O)N1CC2CCC(N)C2C1. The molecular formula is C16H25N3O2S. The molecule has 1 aliphatic heterocycles. The molecule has 2 N–H and O–H groups in total. The average molecular weight is 323 g/mol. The van der Waals surface area contributed by atoms with Crippen LogP contribution in [0.4, 0.5) is 0 Å². The fraction of sp³-hybridized carbons (Fsp3) is 0.625. The number of fused-ring (bicyclic) bond motifs is 1. The Hall–Kier alpha value is -0.950. The molecule has 1 aliphatic carbocycles. The van der Waals surface area contributed by atoms with Gasteiger partial charge in [0.1, 0.15) is 0 Å². The first kappa shape index (κ1) is 15.9. The van der Waals surface area contributed by atoms with E-state index in [1.165, 1.54) is 0 Å². The van der Waals surface area contributed by atoms with Crippen LogP contribution in [0.1, 0.15) is 25.3 Å². The van der Waals surface area contributed by atoms with Crippen molar-refractivity contribution in [3.8, 4) is 0 Å². The Kier molecular flexibility index (Phi) is 4.54. The molecule has 2 fully saturated rings. The van der Waals surface area contributed by atoms with Gasteiger partial charge in [-0.2, -0.15) is 17.0 Å². The van der Waals surface area contributed by atoms with Gasteiger partial charge in [0.05, 0.1) is 0 Å². The summed E-state index contributed by atoms with van der Waals surface area (Å²) in [5.74, 6) is 0.783. The first-order valence-corrected chi connectivity index (χ1v) is 9.46. The summed E-state index contributed by atoms with van der Waals surface area (Å²) in [6.45, 7) is 4.02. The highest BCUT2D eigenvalue weighted by Crippen LogP contribution is 2.38. The summed E-state index contributed by atoms with van der Waals surface area (Å²) in [5.41, 5.74) is 7.14. The Morgan fingerprint density at radius 1 is 1.23 bits per heavy atom. The number of hydrogen-bond donors (Lipinski definition) is 1. The number of nitrogens with zero attached hydrogens (tertiary/aromatic N) is 2. The molecule has 0 amide bonds. The van der Waals surface area contributed by atoms with Crippen molar-refractivity contribution in [2.24, 2.45) is 17.6 Å². The molecule has 3 rings (SSSR count). The number of benzene rings is 1. The van der Waals surface area contributed by atoms with Gasteiger partial charge in [-0.15, -0.1) is 0 Å². The number of rotatable bonds is 5. The second-order valence-electron chi connectivity index (χ2n) is 6.40. The van der Waals surface area contributed by atoms with Crippen LogP contribution in [0.15, 0.2) is 30.3 Å². The highest BCUT2D eigenvalue weighted by atomic mass is 32.2. The summed E-state index contributed by atoms with van der Waals surface area (Å²) >= 11 is 0. The molecule has 3 atom stereocenters. The van der Waals surface area contributed by atoms with Gasteiger partial charge in [-0.3, -0.25) is 0 Å². The van der Waals surface area contributed by atoms with Crippen molar-refractivity contribution in [1.82, 2.24) is 8.61 Å². The Morgan fingerprint density at radius 2 is 1.95 bits per heavy atom. The highest BCUT2D eigenvalue weighted by molar-refractivity contribution is 7.86. The molecule has 22 heavy (non-hydrogen) atoms. The lowest BCUT2D eigenvalue weighted by molar-refractivity contribution is 0.352. The Bertz CT molecular complexity index is 605. The third kappa shape index (κ3) is 2.93. The van der Waals surface area contributed by atoms with Crippen LogP contribution in [0.2, 0.25) is 0 Å². The van der Waals surface area contributed by atoms with Gasteiger partial charge in [-0.1, -0.05) is 37.3 Å². The predicted molar refractivity (Wildman–Crippen MR) is 87.2 cm³/mol. The molecule has 1 heterocycles. The third-order valence-corrected chi connectivity index (χ3v) is 7.08. The minimum Gasteiger partial charge on any atom is -0.327 e. The van der Waals surface area contributed by atoms with E-state index in [4.69, 9.17) is 5.73 Å². The van der Waals surface area contributed by atoms with Gasteiger partial charge >= 0.3 is 0 Å². The number of hydrogen-bond acceptors (Lipinski definition) is 3. The topological polar surface area (TPSA) is 66.6 Å². The Morgan fingerprint density at radius 3 is 2.59 bits per heavy atom. The Labute approximate surface area is 133 Å². The van der Waals surface area contributed by atoms with Crippen LogP contribution in [0, 0.1) is 11.8 Å². The van der Waals surface area contributed by atoms with Crippen molar-refractivity contribution in [2.45, 2.75) is 32.4 Å². The molecule has 1 saturated heterocycles. The molecular weight excluding hydrogens is 298 g/mol. The molecule has 1 aromatic carbocycles. The van der Waals surface area contributed by atoms with Gasteiger partial charge in [0, 0.05) is 32.2 Å². The average Bonchev–Trinajstić information content (AvgIpc) is 3.09. The quantitative estimate of drug-likeness (QED) is 0.891. The standard InChI is InChI=1S/C16H25N3O2S/c1-2-18(10-13-6-4-3-5-7-13)22(20,21)19-11-14-8-9-16(17)15(14)12-19/h3-7,14-16H,2,8-12,17H2,1H3. The summed E-state index contributed by atoms with van der Waals surface area (Å²) in [7, 11) is -3.40. The van der Waals surface area contributed by atoms with E-state index in [1.807, 2.05) is 37.3 Å². The van der Waals surface area contributed by atoms with Gasteiger partial charge in [-0.25, -0.2) is 0 Å². The van der Waals surface area contributed by atoms with E-state index in [1.54, 1.807) is 8.61 Å². The third-order valence-electron chi connectivity index (χ3n) is 5.09. The largest absolute Gasteiger partial charge is 0.327 e. The van der Waals surface area contributed by atoms with Crippen molar-refractivity contribution in [3.05, 3.63) is 35.9 Å². The second-order valence-corrected chi connectivity index (χ2v) is 8.33. The minimum atomic E-state index is -3.40. The van der Waals surface area contributed by atoms with E-state index in [0.29, 0.717) is 38.0 Å². The minimum absolute atomic E-state index is 0.161. The summed E-state index contributed by atoms with van der Waals surface area (Å²) < 4.78 is 29.0. The molecule has 3 unspecified atom stereocenters. The summed E-state index contributed by atoms with van der Waals surface area (Å²) in [5, 5.41) is 0. The molecule has 1 saturated carbocycles. The lowest BCUT2D eigenvalue weighted by atomic mass is 9.98. The fourth-order valence-corrected chi connectivity index (χ4v) is 5.47. The zero-order valence-electron chi connectivity index (χ0n) is 13.1. The molecule has 5 nitrogen and oxygen atoms in total. The van der Waals surface area contributed by atoms with Gasteiger partial charge < -0.3 is 5.73 Å². The predicted octanol–water partition coefficient (Wildman–Crippen LogP) is 1.42. The lowest BCUT2D eigenvalue weighted by Crippen LogP contribution is -2.43. The molecule has 6 heteroatoms. The van der Waals surface area contributed by atoms with E-state index in [9.17, 15) is 8.42 Å². The maximum absolute atomic E-state index is 12.9. The van der Waals surface area contributed by atoms with Crippen molar-refractivity contribution in [1.29, 1.82) is 0 Å². The molecule has 0 radical (unpaired) electrons. The van der Waals surface area contributed by atoms with E-state index in [2.05, 4.69) is 0 Å². The summed E-state index contributed by atoms with van der Waals surface area (Å²) in [6.07, 6.45) is 2.09. The molecule has 1 aromatic rings. The van der Waals surface area contributed by atoms with Crippen molar-refractivity contribution in [3.63, 3.8) is 0 Å². The monoisotopic (exact) mass is 323 g/mol. The first-order chi connectivity index (χ1) is 10.5. The van der Waals surface area contributed by atoms with Gasteiger partial charge in [-0.05, 0) is 30.2 Å². The number of nitrogens with two attached hydrogens (primary N) is 1. The molecule has 122 valence electrons. The lowest BCUT2D eigenvalue weighted by Gasteiger charge is -2.27. The van der Waals surface area contributed by atoms with Crippen molar-refractivity contribution < 1.29 is 8.42 Å². The zero-order chi connectivity index (χ0) is 15.7. The fourth-order valence-electron chi connectivity index (χ4n) is 3.76. The molecule has 0 bridgehead atoms. The normalized spacial score (nSPS) is 29.1. The maximum atomic E-state index is 12.9. The van der Waals surface area contributed by atoms with E-state index < -0.39 is 10.2 Å². The molecule has 2 aliphatic rings. The summed E-state index contributed by atoms with van der Waals surface area (Å²) in [4.78, 5) is 0. The van der Waals surface area contributed by atoms with Crippen molar-refractivity contribution >= 4 is 10.2 Å². The summed E-state index contributed by atoms with van der Waals surface area (Å²) in [6, 6.07) is 9.91. The maximum Gasteiger partial charge on any atom is 0.282 e. The van der Waals surface area contributed by atoms with Crippen LogP contribution >= 0.6 is 0 Å². The van der Waals surface area contributed by atoms with E-state index in [-0.39, 0.29) is 6.04 Å². The van der Waals surface area contributed by atoms with Crippen LogP contribution in [0.3, 0.4) is 0 Å². The van der Waals surface area contributed by atoms with Crippen LogP contribution < -0.4 is 5.73 Å². The van der Waals surface area contributed by atoms with Crippen LogP contribution in [0.25, 0.3) is 0 Å². The molecule has 0 aromatic heterocycles. The Balaban J connectivity index is 1.74.